The first-order valence-electron chi connectivity index (χ1n) is 7.26. The van der Waals surface area contributed by atoms with Crippen LogP contribution in [0.15, 0.2) is 18.3 Å². The Balaban J connectivity index is 2.02. The third kappa shape index (κ3) is 3.21. The SMILES string of the molecule is CCc1ccc(CC(=O)C(C)(C)N2CCCC2)nc1. The van der Waals surface area contributed by atoms with E-state index in [1.165, 1.54) is 18.4 Å². The van der Waals surface area contributed by atoms with Crippen LogP contribution in [0.1, 0.15) is 44.9 Å². The van der Waals surface area contributed by atoms with Crippen molar-refractivity contribution < 1.29 is 4.79 Å². The van der Waals surface area contributed by atoms with Crippen LogP contribution in [0.4, 0.5) is 0 Å². The van der Waals surface area contributed by atoms with Crippen LogP contribution < -0.4 is 0 Å². The molecule has 1 fully saturated rings. The van der Waals surface area contributed by atoms with Gasteiger partial charge in [-0.2, -0.15) is 0 Å². The van der Waals surface area contributed by atoms with Crippen molar-refractivity contribution in [1.82, 2.24) is 9.88 Å². The summed E-state index contributed by atoms with van der Waals surface area (Å²) in [6.07, 6.45) is 5.72. The topological polar surface area (TPSA) is 33.2 Å². The molecule has 0 saturated carbocycles. The van der Waals surface area contributed by atoms with E-state index in [1.54, 1.807) is 0 Å². The zero-order valence-corrected chi connectivity index (χ0v) is 12.3. The molecule has 3 heteroatoms. The van der Waals surface area contributed by atoms with Gasteiger partial charge in [0.2, 0.25) is 0 Å². The lowest BCUT2D eigenvalue weighted by atomic mass is 9.93. The summed E-state index contributed by atoms with van der Waals surface area (Å²) in [6.45, 7) is 8.28. The van der Waals surface area contributed by atoms with E-state index >= 15 is 0 Å². The summed E-state index contributed by atoms with van der Waals surface area (Å²) in [6, 6.07) is 4.05. The predicted octanol–water partition coefficient (Wildman–Crippen LogP) is 2.63. The van der Waals surface area contributed by atoms with Crippen LogP contribution in [-0.4, -0.2) is 34.3 Å². The van der Waals surface area contributed by atoms with Crippen LogP contribution in [0.3, 0.4) is 0 Å². The van der Waals surface area contributed by atoms with Gasteiger partial charge in [0.25, 0.3) is 0 Å². The van der Waals surface area contributed by atoms with Crippen molar-refractivity contribution in [3.63, 3.8) is 0 Å². The van der Waals surface area contributed by atoms with Gasteiger partial charge >= 0.3 is 0 Å². The molecule has 1 aromatic heterocycles. The van der Waals surface area contributed by atoms with E-state index in [-0.39, 0.29) is 11.3 Å². The minimum Gasteiger partial charge on any atom is -0.297 e. The molecular formula is C16H24N2O. The second kappa shape index (κ2) is 5.83. The molecular weight excluding hydrogens is 236 g/mol. The molecule has 2 rings (SSSR count). The van der Waals surface area contributed by atoms with Gasteiger partial charge < -0.3 is 0 Å². The van der Waals surface area contributed by atoms with E-state index in [2.05, 4.69) is 22.9 Å². The number of hydrogen-bond acceptors (Lipinski definition) is 3. The van der Waals surface area contributed by atoms with Crippen molar-refractivity contribution in [1.29, 1.82) is 0 Å². The van der Waals surface area contributed by atoms with E-state index in [0.717, 1.165) is 25.2 Å². The molecule has 1 saturated heterocycles. The number of Topliss-reactive ketones (excluding diaryl/α,β-unsaturated/α-hetero) is 1. The number of aryl methyl sites for hydroxylation is 1. The van der Waals surface area contributed by atoms with Gasteiger partial charge in [0.15, 0.2) is 5.78 Å². The summed E-state index contributed by atoms with van der Waals surface area (Å²) in [7, 11) is 0. The highest BCUT2D eigenvalue weighted by atomic mass is 16.1. The van der Waals surface area contributed by atoms with Crippen LogP contribution >= 0.6 is 0 Å². The molecule has 0 bridgehead atoms. The molecule has 0 unspecified atom stereocenters. The molecule has 0 radical (unpaired) electrons. The van der Waals surface area contributed by atoms with Crippen molar-refractivity contribution in [2.45, 2.75) is 52.0 Å². The summed E-state index contributed by atoms with van der Waals surface area (Å²) in [5.41, 5.74) is 1.74. The maximum atomic E-state index is 12.5. The number of aromatic nitrogens is 1. The molecule has 104 valence electrons. The quantitative estimate of drug-likeness (QED) is 0.816. The van der Waals surface area contributed by atoms with Gasteiger partial charge in [-0.05, 0) is 57.8 Å². The van der Waals surface area contributed by atoms with Crippen molar-refractivity contribution in [2.24, 2.45) is 0 Å². The Labute approximate surface area is 116 Å². The first-order valence-corrected chi connectivity index (χ1v) is 7.26. The van der Waals surface area contributed by atoms with E-state index in [0.29, 0.717) is 6.42 Å². The van der Waals surface area contributed by atoms with Crippen molar-refractivity contribution in [3.05, 3.63) is 29.6 Å². The summed E-state index contributed by atoms with van der Waals surface area (Å²) < 4.78 is 0. The Hall–Kier alpha value is -1.22. The smallest absolute Gasteiger partial charge is 0.158 e. The number of nitrogens with zero attached hydrogens (tertiary/aromatic N) is 2. The maximum absolute atomic E-state index is 12.5. The Morgan fingerprint density at radius 1 is 1.32 bits per heavy atom. The Bertz CT molecular complexity index is 431. The predicted molar refractivity (Wildman–Crippen MR) is 77.2 cm³/mol. The molecule has 1 aliphatic rings. The van der Waals surface area contributed by atoms with Crippen molar-refractivity contribution in [2.75, 3.05) is 13.1 Å². The second-order valence-corrected chi connectivity index (χ2v) is 5.86. The van der Waals surface area contributed by atoms with Crippen LogP contribution in [0.5, 0.6) is 0 Å². The van der Waals surface area contributed by atoms with Crippen molar-refractivity contribution in [3.8, 4) is 0 Å². The van der Waals surface area contributed by atoms with Gasteiger partial charge in [-0.25, -0.2) is 0 Å². The number of carbonyl (C=O) groups is 1. The number of ketones is 1. The monoisotopic (exact) mass is 260 g/mol. The molecule has 0 aliphatic carbocycles. The Morgan fingerprint density at radius 3 is 2.53 bits per heavy atom. The van der Waals surface area contributed by atoms with Gasteiger partial charge in [-0.3, -0.25) is 14.7 Å². The van der Waals surface area contributed by atoms with Gasteiger partial charge in [0.1, 0.15) is 0 Å². The Morgan fingerprint density at radius 2 is 2.00 bits per heavy atom. The van der Waals surface area contributed by atoms with Gasteiger partial charge in [-0.1, -0.05) is 13.0 Å². The fourth-order valence-electron chi connectivity index (χ4n) is 2.60. The molecule has 0 N–H and O–H groups in total. The molecule has 1 aliphatic heterocycles. The highest BCUT2D eigenvalue weighted by Crippen LogP contribution is 2.23. The highest BCUT2D eigenvalue weighted by Gasteiger charge is 2.35. The van der Waals surface area contributed by atoms with Crippen LogP contribution in [0.25, 0.3) is 0 Å². The maximum Gasteiger partial charge on any atom is 0.158 e. The molecule has 3 nitrogen and oxygen atoms in total. The average molecular weight is 260 g/mol. The minimum absolute atomic E-state index is 0.270. The third-order valence-electron chi connectivity index (χ3n) is 4.21. The summed E-state index contributed by atoms with van der Waals surface area (Å²) in [4.78, 5) is 19.2. The lowest BCUT2D eigenvalue weighted by molar-refractivity contribution is -0.128. The van der Waals surface area contributed by atoms with E-state index in [1.807, 2.05) is 26.1 Å². The fraction of sp³-hybridized carbons (Fsp3) is 0.625. The van der Waals surface area contributed by atoms with E-state index in [4.69, 9.17) is 0 Å². The minimum atomic E-state index is -0.360. The average Bonchev–Trinajstić information content (AvgIpc) is 2.94. The van der Waals surface area contributed by atoms with E-state index in [9.17, 15) is 4.79 Å². The number of carbonyl (C=O) groups excluding carboxylic acids is 1. The molecule has 19 heavy (non-hydrogen) atoms. The van der Waals surface area contributed by atoms with Gasteiger partial charge in [-0.15, -0.1) is 0 Å². The molecule has 0 aromatic carbocycles. The third-order valence-corrected chi connectivity index (χ3v) is 4.21. The standard InChI is InChI=1S/C16H24N2O/c1-4-13-7-8-14(17-12-13)11-15(19)16(2,3)18-9-5-6-10-18/h7-8,12H,4-6,9-11H2,1-3H3. The first kappa shape index (κ1) is 14.2. The molecule has 0 spiro atoms. The molecule has 0 atom stereocenters. The zero-order chi connectivity index (χ0) is 13.9. The van der Waals surface area contributed by atoms with E-state index < -0.39 is 0 Å². The van der Waals surface area contributed by atoms with Gasteiger partial charge in [0, 0.05) is 11.9 Å². The largest absolute Gasteiger partial charge is 0.297 e. The highest BCUT2D eigenvalue weighted by molar-refractivity contribution is 5.89. The number of hydrogen-bond donors (Lipinski definition) is 0. The summed E-state index contributed by atoms with van der Waals surface area (Å²) in [5.74, 6) is 0.270. The van der Waals surface area contributed by atoms with Crippen LogP contribution in [-0.2, 0) is 17.6 Å². The second-order valence-electron chi connectivity index (χ2n) is 5.86. The Kier molecular flexibility index (Phi) is 4.35. The molecule has 2 heterocycles. The number of rotatable bonds is 5. The molecule has 1 aromatic rings. The van der Waals surface area contributed by atoms with Gasteiger partial charge in [0.05, 0.1) is 12.0 Å². The van der Waals surface area contributed by atoms with Crippen LogP contribution in [0, 0.1) is 0 Å². The van der Waals surface area contributed by atoms with Crippen molar-refractivity contribution >= 4 is 5.78 Å². The molecule has 0 amide bonds. The zero-order valence-electron chi connectivity index (χ0n) is 12.3. The summed E-state index contributed by atoms with van der Waals surface area (Å²) >= 11 is 0. The number of pyridine rings is 1. The lowest BCUT2D eigenvalue weighted by Crippen LogP contribution is -2.49. The fourth-order valence-corrected chi connectivity index (χ4v) is 2.60. The number of likely N-dealkylation sites (tertiary alicyclic amines) is 1. The first-order chi connectivity index (χ1) is 9.04. The summed E-state index contributed by atoms with van der Waals surface area (Å²) in [5, 5.41) is 0. The normalized spacial score (nSPS) is 16.8. The van der Waals surface area contributed by atoms with Crippen LogP contribution in [0.2, 0.25) is 0 Å². The lowest BCUT2D eigenvalue weighted by Gasteiger charge is -2.33.